The number of hydrogen-bond acceptors (Lipinski definition) is 7. The van der Waals surface area contributed by atoms with E-state index in [1.165, 1.54) is 0 Å². The second-order valence-electron chi connectivity index (χ2n) is 8.03. The number of benzene rings is 1. The lowest BCUT2D eigenvalue weighted by Gasteiger charge is -2.28. The Bertz CT molecular complexity index is 822. The monoisotopic (exact) mass is 430 g/mol. The van der Waals surface area contributed by atoms with Crippen LogP contribution < -0.4 is 15.0 Å². The van der Waals surface area contributed by atoms with Crippen LogP contribution in [0.1, 0.15) is 32.6 Å². The van der Waals surface area contributed by atoms with Crippen LogP contribution in [-0.2, 0) is 9.47 Å². The summed E-state index contributed by atoms with van der Waals surface area (Å²) >= 11 is 0. The van der Waals surface area contributed by atoms with Gasteiger partial charge in [0.2, 0.25) is 11.8 Å². The lowest BCUT2D eigenvalue weighted by molar-refractivity contribution is 0.0194. The van der Waals surface area contributed by atoms with Gasteiger partial charge in [-0.1, -0.05) is 0 Å². The predicted molar refractivity (Wildman–Crippen MR) is 118 cm³/mol. The van der Waals surface area contributed by atoms with Gasteiger partial charge in [-0.3, -0.25) is 0 Å². The van der Waals surface area contributed by atoms with E-state index < -0.39 is 5.82 Å². The van der Waals surface area contributed by atoms with Gasteiger partial charge in [0, 0.05) is 31.1 Å². The van der Waals surface area contributed by atoms with Crippen molar-refractivity contribution >= 4 is 17.3 Å². The first-order chi connectivity index (χ1) is 15.2. The van der Waals surface area contributed by atoms with E-state index in [-0.39, 0.29) is 5.88 Å². The summed E-state index contributed by atoms with van der Waals surface area (Å²) in [4.78, 5) is 10.6. The van der Waals surface area contributed by atoms with Crippen LogP contribution in [0.2, 0.25) is 0 Å². The molecule has 1 aliphatic heterocycles. The minimum absolute atomic E-state index is 0.00521. The van der Waals surface area contributed by atoms with E-state index in [1.54, 1.807) is 0 Å². The average Bonchev–Trinajstić information content (AvgIpc) is 2.82. The Morgan fingerprint density at radius 2 is 1.87 bits per heavy atom. The zero-order chi connectivity index (χ0) is 21.5. The molecular formula is C23H31FN4O3. The van der Waals surface area contributed by atoms with Crippen molar-refractivity contribution in [3.05, 3.63) is 36.3 Å². The van der Waals surface area contributed by atoms with E-state index in [9.17, 15) is 4.39 Å². The summed E-state index contributed by atoms with van der Waals surface area (Å²) in [5.41, 5.74) is 1.99. The standard InChI is InChI=1S/C23H31FN4O3/c1-2-30-20-9-3-17(4-10-20)16-31-22-21(24)15-25-23(27-22)26-18-5-7-19(8-6-18)28-11-13-29-14-12-28/h5-8,15,17,20H,2-4,9-14,16H2,1H3,(H,25,26,27)/t17-,20+. The van der Waals surface area contributed by atoms with Gasteiger partial charge in [-0.05, 0) is 62.8 Å². The van der Waals surface area contributed by atoms with Crippen LogP contribution in [0, 0.1) is 11.7 Å². The largest absolute Gasteiger partial charge is 0.475 e. The van der Waals surface area contributed by atoms with Crippen molar-refractivity contribution in [2.75, 3.05) is 49.7 Å². The Morgan fingerprint density at radius 1 is 1.13 bits per heavy atom. The van der Waals surface area contributed by atoms with Crippen LogP contribution in [-0.4, -0.2) is 55.6 Å². The summed E-state index contributed by atoms with van der Waals surface area (Å²) in [6.07, 6.45) is 5.61. The van der Waals surface area contributed by atoms with Crippen LogP contribution in [0.25, 0.3) is 0 Å². The van der Waals surface area contributed by atoms with Gasteiger partial charge in [0.05, 0.1) is 32.1 Å². The van der Waals surface area contributed by atoms with Gasteiger partial charge in [0.25, 0.3) is 5.88 Å². The van der Waals surface area contributed by atoms with E-state index in [0.717, 1.165) is 76.2 Å². The second kappa shape index (κ2) is 10.7. The Kier molecular flexibility index (Phi) is 7.53. The molecule has 0 unspecified atom stereocenters. The van der Waals surface area contributed by atoms with Crippen molar-refractivity contribution in [1.29, 1.82) is 0 Å². The molecule has 0 spiro atoms. The first kappa shape index (κ1) is 21.8. The topological polar surface area (TPSA) is 68.7 Å². The SMILES string of the molecule is CCO[C@H]1CC[C@@H](COc2nc(Nc3ccc(N4CCOCC4)cc3)ncc2F)CC1. The van der Waals surface area contributed by atoms with Gasteiger partial charge >= 0.3 is 0 Å². The molecule has 31 heavy (non-hydrogen) atoms. The van der Waals surface area contributed by atoms with Crippen molar-refractivity contribution < 1.29 is 18.6 Å². The van der Waals surface area contributed by atoms with Crippen LogP contribution >= 0.6 is 0 Å². The summed E-state index contributed by atoms with van der Waals surface area (Å²) < 4.78 is 31.0. The first-order valence-electron chi connectivity index (χ1n) is 11.2. The van der Waals surface area contributed by atoms with Gasteiger partial charge in [-0.15, -0.1) is 0 Å². The van der Waals surface area contributed by atoms with Crippen molar-refractivity contribution in [2.24, 2.45) is 5.92 Å². The number of anilines is 3. The zero-order valence-electron chi connectivity index (χ0n) is 18.1. The molecule has 1 saturated carbocycles. The van der Waals surface area contributed by atoms with Crippen LogP contribution in [0.3, 0.4) is 0 Å². The molecule has 0 bridgehead atoms. The fourth-order valence-electron chi connectivity index (χ4n) is 4.12. The summed E-state index contributed by atoms with van der Waals surface area (Å²) in [7, 11) is 0. The quantitative estimate of drug-likeness (QED) is 0.674. The fourth-order valence-corrected chi connectivity index (χ4v) is 4.12. The third kappa shape index (κ3) is 6.04. The molecule has 0 amide bonds. The fraction of sp³-hybridized carbons (Fsp3) is 0.565. The number of rotatable bonds is 8. The predicted octanol–water partition coefficient (Wildman–Crippen LogP) is 4.17. The molecule has 8 heteroatoms. The van der Waals surface area contributed by atoms with Crippen molar-refractivity contribution in [2.45, 2.75) is 38.7 Å². The molecule has 0 radical (unpaired) electrons. The third-order valence-electron chi connectivity index (χ3n) is 5.86. The average molecular weight is 431 g/mol. The van der Waals surface area contributed by atoms with Crippen LogP contribution in [0.15, 0.2) is 30.5 Å². The first-order valence-corrected chi connectivity index (χ1v) is 11.2. The van der Waals surface area contributed by atoms with E-state index in [2.05, 4.69) is 20.2 Å². The molecule has 1 aromatic heterocycles. The highest BCUT2D eigenvalue weighted by Crippen LogP contribution is 2.28. The number of ether oxygens (including phenoxy) is 3. The third-order valence-corrected chi connectivity index (χ3v) is 5.86. The zero-order valence-corrected chi connectivity index (χ0v) is 18.1. The highest BCUT2D eigenvalue weighted by Gasteiger charge is 2.22. The maximum Gasteiger partial charge on any atom is 0.255 e. The highest BCUT2D eigenvalue weighted by atomic mass is 19.1. The molecular weight excluding hydrogens is 399 g/mol. The van der Waals surface area contributed by atoms with Gasteiger partial charge in [0.1, 0.15) is 0 Å². The molecule has 2 aliphatic rings. The smallest absolute Gasteiger partial charge is 0.255 e. The Morgan fingerprint density at radius 3 is 2.58 bits per heavy atom. The summed E-state index contributed by atoms with van der Waals surface area (Å²) in [5.74, 6) is 0.163. The molecule has 1 aromatic carbocycles. The lowest BCUT2D eigenvalue weighted by atomic mass is 9.88. The minimum atomic E-state index is -0.545. The molecule has 4 rings (SSSR count). The van der Waals surface area contributed by atoms with Crippen molar-refractivity contribution in [1.82, 2.24) is 9.97 Å². The Labute approximate surface area is 182 Å². The summed E-state index contributed by atoms with van der Waals surface area (Å²) in [6, 6.07) is 8.03. The van der Waals surface area contributed by atoms with Gasteiger partial charge < -0.3 is 24.4 Å². The highest BCUT2D eigenvalue weighted by molar-refractivity contribution is 5.59. The van der Waals surface area contributed by atoms with E-state index in [1.807, 2.05) is 31.2 Å². The normalized spacial score (nSPS) is 21.7. The molecule has 1 aliphatic carbocycles. The Hall–Kier alpha value is -2.45. The number of morpholine rings is 1. The molecule has 1 N–H and O–H groups in total. The molecule has 168 valence electrons. The van der Waals surface area contributed by atoms with E-state index in [4.69, 9.17) is 14.2 Å². The van der Waals surface area contributed by atoms with Crippen molar-refractivity contribution in [3.63, 3.8) is 0 Å². The summed E-state index contributed by atoms with van der Waals surface area (Å²) in [6.45, 7) is 6.52. The second-order valence-corrected chi connectivity index (χ2v) is 8.03. The van der Waals surface area contributed by atoms with E-state index in [0.29, 0.717) is 24.6 Å². The maximum absolute atomic E-state index is 14.2. The minimum Gasteiger partial charge on any atom is -0.475 e. The van der Waals surface area contributed by atoms with Gasteiger partial charge in [-0.2, -0.15) is 9.37 Å². The molecule has 2 fully saturated rings. The molecule has 2 heterocycles. The number of aromatic nitrogens is 2. The van der Waals surface area contributed by atoms with Crippen molar-refractivity contribution in [3.8, 4) is 5.88 Å². The van der Waals surface area contributed by atoms with Crippen LogP contribution in [0.4, 0.5) is 21.7 Å². The molecule has 2 aromatic rings. The molecule has 0 atom stereocenters. The summed E-state index contributed by atoms with van der Waals surface area (Å²) in [5, 5.41) is 3.13. The maximum atomic E-state index is 14.2. The Balaban J connectivity index is 1.31. The number of nitrogens with one attached hydrogen (secondary N) is 1. The number of halogens is 1. The number of hydrogen-bond donors (Lipinski definition) is 1. The van der Waals surface area contributed by atoms with Crippen LogP contribution in [0.5, 0.6) is 5.88 Å². The van der Waals surface area contributed by atoms with Gasteiger partial charge in [-0.25, -0.2) is 4.98 Å². The molecule has 1 saturated heterocycles. The van der Waals surface area contributed by atoms with E-state index >= 15 is 0 Å². The number of nitrogens with zero attached hydrogens (tertiary/aromatic N) is 3. The lowest BCUT2D eigenvalue weighted by Crippen LogP contribution is -2.36. The molecule has 7 nitrogen and oxygen atoms in total. The van der Waals surface area contributed by atoms with Gasteiger partial charge in [0.15, 0.2) is 0 Å².